The van der Waals surface area contributed by atoms with Crippen molar-refractivity contribution in [3.05, 3.63) is 65.6 Å². The number of thioether (sulfide) groups is 1. The summed E-state index contributed by atoms with van der Waals surface area (Å²) in [4.78, 5) is 16.3. The van der Waals surface area contributed by atoms with Gasteiger partial charge in [-0.2, -0.15) is 0 Å². The molecule has 4 aromatic rings. The molecule has 4 rings (SSSR count). The molecule has 4 nitrogen and oxygen atoms in total. The van der Waals surface area contributed by atoms with E-state index in [1.165, 1.54) is 16.8 Å². The second kappa shape index (κ2) is 8.70. The van der Waals surface area contributed by atoms with Gasteiger partial charge in [0.25, 0.3) is 0 Å². The molecule has 0 spiro atoms. The molecule has 154 valence electrons. The van der Waals surface area contributed by atoms with Crippen LogP contribution in [-0.4, -0.2) is 29.0 Å². The lowest BCUT2D eigenvalue weighted by Gasteiger charge is -2.20. The van der Waals surface area contributed by atoms with Gasteiger partial charge in [0.15, 0.2) is 4.34 Å². The van der Waals surface area contributed by atoms with E-state index in [1.54, 1.807) is 35.2 Å². The van der Waals surface area contributed by atoms with Crippen LogP contribution in [0.3, 0.4) is 0 Å². The molecule has 0 unspecified atom stereocenters. The zero-order valence-corrected chi connectivity index (χ0v) is 19.0. The average Bonchev–Trinajstić information content (AvgIpc) is 3.15. The number of aromatic nitrogens is 3. The predicted molar refractivity (Wildman–Crippen MR) is 125 cm³/mol. The van der Waals surface area contributed by atoms with Gasteiger partial charge in [0.1, 0.15) is 5.82 Å². The Kier molecular flexibility index (Phi) is 6.01. The molecule has 0 amide bonds. The largest absolute Gasteiger partial charge is 0.347 e. The van der Waals surface area contributed by atoms with E-state index < -0.39 is 0 Å². The molecule has 0 N–H and O–H groups in total. The van der Waals surface area contributed by atoms with Crippen LogP contribution in [0, 0.1) is 5.82 Å². The highest BCUT2D eigenvalue weighted by Crippen LogP contribution is 2.36. The standard InChI is InChI=1S/C23H23FN4S2/c1-14(2)20-17(13-29-23-25-18-7-5-6-8-19(18)30-23)21(27-22(26-20)28(3)4)15-9-11-16(24)12-10-15/h5-12,14H,13H2,1-4H3. The number of anilines is 1. The lowest BCUT2D eigenvalue weighted by atomic mass is 9.99. The molecule has 2 aromatic heterocycles. The monoisotopic (exact) mass is 438 g/mol. The van der Waals surface area contributed by atoms with E-state index in [1.807, 2.05) is 37.2 Å². The zero-order chi connectivity index (χ0) is 21.3. The van der Waals surface area contributed by atoms with Gasteiger partial charge < -0.3 is 4.90 Å². The Bertz CT molecular complexity index is 1140. The molecule has 2 heterocycles. The molecule has 0 radical (unpaired) electrons. The van der Waals surface area contributed by atoms with Crippen LogP contribution in [0.4, 0.5) is 10.3 Å². The van der Waals surface area contributed by atoms with E-state index >= 15 is 0 Å². The van der Waals surface area contributed by atoms with Crippen LogP contribution < -0.4 is 4.90 Å². The number of hydrogen-bond donors (Lipinski definition) is 0. The number of nitrogens with zero attached hydrogens (tertiary/aromatic N) is 4. The molecule has 7 heteroatoms. The number of thiazole rings is 1. The van der Waals surface area contributed by atoms with Crippen LogP contribution in [0.25, 0.3) is 21.5 Å². The third-order valence-electron chi connectivity index (χ3n) is 4.71. The summed E-state index contributed by atoms with van der Waals surface area (Å²) in [6.45, 7) is 4.28. The highest BCUT2D eigenvalue weighted by Gasteiger charge is 2.20. The molecule has 30 heavy (non-hydrogen) atoms. The van der Waals surface area contributed by atoms with Crippen LogP contribution in [0.2, 0.25) is 0 Å². The molecule has 2 aromatic carbocycles. The van der Waals surface area contributed by atoms with E-state index in [0.29, 0.717) is 11.7 Å². The Labute approximate surface area is 184 Å². The molecule has 0 bridgehead atoms. The fourth-order valence-electron chi connectivity index (χ4n) is 3.20. The van der Waals surface area contributed by atoms with E-state index in [-0.39, 0.29) is 11.7 Å². The smallest absolute Gasteiger partial charge is 0.225 e. The Hall–Kier alpha value is -2.51. The summed E-state index contributed by atoms with van der Waals surface area (Å²) in [6.07, 6.45) is 0. The maximum Gasteiger partial charge on any atom is 0.225 e. The highest BCUT2D eigenvalue weighted by atomic mass is 32.2. The van der Waals surface area contributed by atoms with Crippen LogP contribution in [-0.2, 0) is 5.75 Å². The maximum atomic E-state index is 13.5. The van der Waals surface area contributed by atoms with E-state index in [2.05, 4.69) is 19.9 Å². The van der Waals surface area contributed by atoms with Crippen LogP contribution in [0.1, 0.15) is 31.0 Å². The van der Waals surface area contributed by atoms with Gasteiger partial charge in [0, 0.05) is 31.0 Å². The van der Waals surface area contributed by atoms with Gasteiger partial charge in [0.05, 0.1) is 21.6 Å². The lowest BCUT2D eigenvalue weighted by Crippen LogP contribution is -2.16. The van der Waals surface area contributed by atoms with Crippen LogP contribution in [0.5, 0.6) is 0 Å². The van der Waals surface area contributed by atoms with Crippen molar-refractivity contribution in [3.8, 4) is 11.3 Å². The Balaban J connectivity index is 1.77. The van der Waals surface area contributed by atoms with Crippen LogP contribution >= 0.6 is 23.1 Å². The molecule has 0 fully saturated rings. The normalized spacial score (nSPS) is 11.4. The van der Waals surface area contributed by atoms with Crippen molar-refractivity contribution < 1.29 is 4.39 Å². The van der Waals surface area contributed by atoms with Crippen molar-refractivity contribution in [2.75, 3.05) is 19.0 Å². The fraction of sp³-hybridized carbons (Fsp3) is 0.261. The summed E-state index contributed by atoms with van der Waals surface area (Å²) in [7, 11) is 3.87. The number of hydrogen-bond acceptors (Lipinski definition) is 6. The van der Waals surface area contributed by atoms with Gasteiger partial charge in [0.2, 0.25) is 5.95 Å². The van der Waals surface area contributed by atoms with Gasteiger partial charge in [-0.1, -0.05) is 37.7 Å². The Morgan fingerprint density at radius 1 is 1.00 bits per heavy atom. The minimum atomic E-state index is -0.255. The fourth-order valence-corrected chi connectivity index (χ4v) is 5.30. The minimum absolute atomic E-state index is 0.233. The van der Waals surface area contributed by atoms with Crippen LogP contribution in [0.15, 0.2) is 52.9 Å². The predicted octanol–water partition coefficient (Wildman–Crippen LogP) is 6.37. The molecule has 0 aliphatic rings. The lowest BCUT2D eigenvalue weighted by molar-refractivity contribution is 0.628. The summed E-state index contributed by atoms with van der Waals surface area (Å²) >= 11 is 3.39. The van der Waals surface area contributed by atoms with Crippen molar-refractivity contribution in [2.24, 2.45) is 0 Å². The summed E-state index contributed by atoms with van der Waals surface area (Å²) < 4.78 is 15.7. The van der Waals surface area contributed by atoms with Crippen molar-refractivity contribution in [2.45, 2.75) is 29.9 Å². The number of rotatable bonds is 6. The maximum absolute atomic E-state index is 13.5. The molecule has 0 aliphatic heterocycles. The van der Waals surface area contributed by atoms with Crippen molar-refractivity contribution in [3.63, 3.8) is 0 Å². The third kappa shape index (κ3) is 4.32. The van der Waals surface area contributed by atoms with Gasteiger partial charge in [-0.05, 0) is 42.3 Å². The molecule has 0 saturated carbocycles. The molecule has 0 atom stereocenters. The zero-order valence-electron chi connectivity index (χ0n) is 17.4. The van der Waals surface area contributed by atoms with Crippen molar-refractivity contribution >= 4 is 39.3 Å². The van der Waals surface area contributed by atoms with Gasteiger partial charge in [-0.15, -0.1) is 11.3 Å². The Morgan fingerprint density at radius 2 is 1.73 bits per heavy atom. The summed E-state index contributed by atoms with van der Waals surface area (Å²) in [5, 5.41) is 0. The quantitative estimate of drug-likeness (QED) is 0.327. The van der Waals surface area contributed by atoms with Crippen molar-refractivity contribution in [1.82, 2.24) is 15.0 Å². The minimum Gasteiger partial charge on any atom is -0.347 e. The SMILES string of the molecule is CC(C)c1nc(N(C)C)nc(-c2ccc(F)cc2)c1CSc1nc2ccccc2s1. The first kappa shape index (κ1) is 20.8. The number of fused-ring (bicyclic) bond motifs is 1. The summed E-state index contributed by atoms with van der Waals surface area (Å²) in [5.41, 5.74) is 4.86. The average molecular weight is 439 g/mol. The van der Waals surface area contributed by atoms with Gasteiger partial charge in [-0.3, -0.25) is 0 Å². The summed E-state index contributed by atoms with van der Waals surface area (Å²) in [6, 6.07) is 14.7. The van der Waals surface area contributed by atoms with Crippen molar-refractivity contribution in [1.29, 1.82) is 0 Å². The first-order valence-electron chi connectivity index (χ1n) is 9.75. The molecule has 0 saturated heterocycles. The van der Waals surface area contributed by atoms with Gasteiger partial charge >= 0.3 is 0 Å². The van der Waals surface area contributed by atoms with E-state index in [4.69, 9.17) is 15.0 Å². The number of benzene rings is 2. The second-order valence-corrected chi connectivity index (χ2v) is 9.78. The summed E-state index contributed by atoms with van der Waals surface area (Å²) in [5.74, 6) is 1.34. The molecular formula is C23H23FN4S2. The van der Waals surface area contributed by atoms with Gasteiger partial charge in [-0.25, -0.2) is 19.3 Å². The number of para-hydroxylation sites is 1. The second-order valence-electron chi connectivity index (χ2n) is 7.53. The topological polar surface area (TPSA) is 41.9 Å². The molecular weight excluding hydrogens is 415 g/mol. The van der Waals surface area contributed by atoms with E-state index in [0.717, 1.165) is 32.4 Å². The molecule has 0 aliphatic carbocycles. The number of halogens is 1. The highest BCUT2D eigenvalue weighted by molar-refractivity contribution is 8.00. The first-order chi connectivity index (χ1) is 14.4. The Morgan fingerprint density at radius 3 is 2.40 bits per heavy atom. The first-order valence-corrected chi connectivity index (χ1v) is 11.5. The van der Waals surface area contributed by atoms with E-state index in [9.17, 15) is 4.39 Å². The third-order valence-corrected chi connectivity index (χ3v) is 6.91.